The van der Waals surface area contributed by atoms with Crippen molar-refractivity contribution in [3.63, 3.8) is 0 Å². The number of hydrogen-bond donors (Lipinski definition) is 0. The SMILES string of the molecule is CCCCCCCCCC/C=C/CCCCCc1ccccc1OCC1CO1. The Morgan fingerprint density at radius 1 is 0.857 bits per heavy atom. The Bertz CT molecular complexity index is 519. The monoisotopic (exact) mass is 386 g/mol. The molecule has 0 spiro atoms. The molecular weight excluding hydrogens is 344 g/mol. The van der Waals surface area contributed by atoms with Crippen molar-refractivity contribution in [2.24, 2.45) is 0 Å². The summed E-state index contributed by atoms with van der Waals surface area (Å²) in [4.78, 5) is 0. The van der Waals surface area contributed by atoms with Crippen molar-refractivity contribution in [2.75, 3.05) is 13.2 Å². The highest BCUT2D eigenvalue weighted by atomic mass is 16.6. The van der Waals surface area contributed by atoms with Crippen molar-refractivity contribution in [1.82, 2.24) is 0 Å². The molecule has 2 heteroatoms. The fourth-order valence-corrected chi connectivity index (χ4v) is 3.58. The Hall–Kier alpha value is -1.28. The first-order chi connectivity index (χ1) is 13.9. The number of aryl methyl sites for hydroxylation is 1. The fourth-order valence-electron chi connectivity index (χ4n) is 3.58. The van der Waals surface area contributed by atoms with Gasteiger partial charge in [0, 0.05) is 0 Å². The molecule has 1 atom stereocenters. The van der Waals surface area contributed by atoms with Crippen LogP contribution in [-0.2, 0) is 11.2 Å². The highest BCUT2D eigenvalue weighted by Gasteiger charge is 2.23. The molecule has 1 aromatic carbocycles. The molecule has 1 saturated heterocycles. The highest BCUT2D eigenvalue weighted by Crippen LogP contribution is 2.22. The number of ether oxygens (including phenoxy) is 2. The van der Waals surface area contributed by atoms with E-state index >= 15 is 0 Å². The van der Waals surface area contributed by atoms with Gasteiger partial charge in [0.25, 0.3) is 0 Å². The molecule has 1 aromatic rings. The zero-order chi connectivity index (χ0) is 19.7. The topological polar surface area (TPSA) is 21.8 Å². The second-order valence-corrected chi connectivity index (χ2v) is 8.21. The molecule has 0 aromatic heterocycles. The predicted octanol–water partition coefficient (Wildman–Crippen LogP) is 7.65. The number of unbranched alkanes of at least 4 members (excludes halogenated alkanes) is 11. The lowest BCUT2D eigenvalue weighted by Crippen LogP contribution is -2.05. The van der Waals surface area contributed by atoms with Gasteiger partial charge in [0.1, 0.15) is 18.5 Å². The minimum atomic E-state index is 0.325. The van der Waals surface area contributed by atoms with Gasteiger partial charge in [-0.25, -0.2) is 0 Å². The summed E-state index contributed by atoms with van der Waals surface area (Å²) in [6.07, 6.45) is 23.9. The maximum atomic E-state index is 5.90. The zero-order valence-electron chi connectivity index (χ0n) is 18.2. The van der Waals surface area contributed by atoms with Gasteiger partial charge in [-0.1, -0.05) is 88.6 Å². The van der Waals surface area contributed by atoms with Crippen LogP contribution in [0.1, 0.15) is 96.0 Å². The lowest BCUT2D eigenvalue weighted by Gasteiger charge is -2.10. The Balaban J connectivity index is 1.41. The van der Waals surface area contributed by atoms with Gasteiger partial charge in [0.15, 0.2) is 0 Å². The van der Waals surface area contributed by atoms with Gasteiger partial charge in [0.2, 0.25) is 0 Å². The summed E-state index contributed by atoms with van der Waals surface area (Å²) >= 11 is 0. The average Bonchev–Trinajstić information content (AvgIpc) is 3.54. The highest BCUT2D eigenvalue weighted by molar-refractivity contribution is 5.33. The molecule has 1 fully saturated rings. The Kier molecular flexibility index (Phi) is 12.8. The summed E-state index contributed by atoms with van der Waals surface area (Å²) in [6.45, 7) is 3.84. The molecule has 158 valence electrons. The summed E-state index contributed by atoms with van der Waals surface area (Å²) in [5, 5.41) is 0. The van der Waals surface area contributed by atoms with Crippen LogP contribution in [-0.4, -0.2) is 19.3 Å². The maximum absolute atomic E-state index is 5.90. The molecule has 1 heterocycles. The van der Waals surface area contributed by atoms with Crippen molar-refractivity contribution in [3.05, 3.63) is 42.0 Å². The van der Waals surface area contributed by atoms with E-state index in [1.54, 1.807) is 0 Å². The molecule has 0 N–H and O–H groups in total. The first-order valence-corrected chi connectivity index (χ1v) is 11.9. The maximum Gasteiger partial charge on any atom is 0.122 e. The molecule has 0 radical (unpaired) electrons. The summed E-state index contributed by atoms with van der Waals surface area (Å²) in [5.74, 6) is 1.04. The molecule has 0 aliphatic carbocycles. The van der Waals surface area contributed by atoms with E-state index in [9.17, 15) is 0 Å². The lowest BCUT2D eigenvalue weighted by atomic mass is 10.0. The molecular formula is C26H42O2. The van der Waals surface area contributed by atoms with Gasteiger partial charge in [-0.2, -0.15) is 0 Å². The Morgan fingerprint density at radius 3 is 2.14 bits per heavy atom. The van der Waals surface area contributed by atoms with E-state index in [1.807, 2.05) is 0 Å². The van der Waals surface area contributed by atoms with Crippen LogP contribution in [0, 0.1) is 0 Å². The Labute approximate surface area is 173 Å². The number of hydrogen-bond acceptors (Lipinski definition) is 2. The quantitative estimate of drug-likeness (QED) is 0.147. The van der Waals surface area contributed by atoms with Gasteiger partial charge in [-0.3, -0.25) is 0 Å². The first-order valence-electron chi connectivity index (χ1n) is 11.9. The number of benzene rings is 1. The average molecular weight is 387 g/mol. The van der Waals surface area contributed by atoms with Gasteiger partial charge in [-0.05, 0) is 50.2 Å². The van der Waals surface area contributed by atoms with Gasteiger partial charge < -0.3 is 9.47 Å². The minimum absolute atomic E-state index is 0.325. The van der Waals surface area contributed by atoms with Crippen LogP contribution >= 0.6 is 0 Å². The molecule has 2 nitrogen and oxygen atoms in total. The molecule has 0 amide bonds. The summed E-state index contributed by atoms with van der Waals surface area (Å²) in [7, 11) is 0. The van der Waals surface area contributed by atoms with E-state index in [4.69, 9.17) is 9.47 Å². The number of rotatable bonds is 18. The number of para-hydroxylation sites is 1. The summed E-state index contributed by atoms with van der Waals surface area (Å²) in [6, 6.07) is 8.46. The van der Waals surface area contributed by atoms with E-state index in [2.05, 4.69) is 43.3 Å². The lowest BCUT2D eigenvalue weighted by molar-refractivity contribution is 0.261. The first kappa shape index (κ1) is 23.0. The summed E-state index contributed by atoms with van der Waals surface area (Å²) < 4.78 is 11.1. The van der Waals surface area contributed by atoms with Crippen molar-refractivity contribution in [3.8, 4) is 5.75 Å². The number of allylic oxidation sites excluding steroid dienone is 2. The molecule has 0 bridgehead atoms. The van der Waals surface area contributed by atoms with Crippen LogP contribution in [0.2, 0.25) is 0 Å². The summed E-state index contributed by atoms with van der Waals surface area (Å²) in [5.41, 5.74) is 1.34. The van der Waals surface area contributed by atoms with Gasteiger partial charge in [0.05, 0.1) is 6.61 Å². The van der Waals surface area contributed by atoms with Gasteiger partial charge >= 0.3 is 0 Å². The molecule has 0 saturated carbocycles. The van der Waals surface area contributed by atoms with Crippen LogP contribution in [0.25, 0.3) is 0 Å². The fraction of sp³-hybridized carbons (Fsp3) is 0.692. The normalized spacial score (nSPS) is 16.0. The number of epoxide rings is 1. The third-order valence-electron chi connectivity index (χ3n) is 5.51. The third-order valence-corrected chi connectivity index (χ3v) is 5.51. The van der Waals surface area contributed by atoms with E-state index in [1.165, 1.54) is 89.0 Å². The van der Waals surface area contributed by atoms with Crippen LogP contribution in [0.3, 0.4) is 0 Å². The minimum Gasteiger partial charge on any atom is -0.491 e. The van der Waals surface area contributed by atoms with Crippen LogP contribution in [0.5, 0.6) is 5.75 Å². The van der Waals surface area contributed by atoms with Crippen molar-refractivity contribution < 1.29 is 9.47 Å². The predicted molar refractivity (Wildman–Crippen MR) is 120 cm³/mol. The van der Waals surface area contributed by atoms with Crippen molar-refractivity contribution in [2.45, 2.75) is 103 Å². The van der Waals surface area contributed by atoms with E-state index in [-0.39, 0.29) is 0 Å². The molecule has 1 aliphatic heterocycles. The van der Waals surface area contributed by atoms with Gasteiger partial charge in [-0.15, -0.1) is 0 Å². The molecule has 2 rings (SSSR count). The smallest absolute Gasteiger partial charge is 0.122 e. The second-order valence-electron chi connectivity index (χ2n) is 8.21. The van der Waals surface area contributed by atoms with E-state index < -0.39 is 0 Å². The molecule has 1 aliphatic rings. The van der Waals surface area contributed by atoms with Crippen molar-refractivity contribution in [1.29, 1.82) is 0 Å². The van der Waals surface area contributed by atoms with E-state index in [0.717, 1.165) is 18.8 Å². The van der Waals surface area contributed by atoms with Crippen molar-refractivity contribution >= 4 is 0 Å². The standard InChI is InChI=1S/C26H42O2/c1-2-3-4-5-6-7-8-9-10-11-12-13-14-15-16-19-24-20-17-18-21-26(24)28-23-25-22-27-25/h11-12,17-18,20-21,25H,2-10,13-16,19,22-23H2,1H3/b12-11+. The third kappa shape index (κ3) is 11.5. The largest absolute Gasteiger partial charge is 0.491 e. The van der Waals surface area contributed by atoms with Crippen LogP contribution < -0.4 is 4.74 Å². The molecule has 1 unspecified atom stereocenters. The Morgan fingerprint density at radius 2 is 1.46 bits per heavy atom. The zero-order valence-corrected chi connectivity index (χ0v) is 18.2. The second kappa shape index (κ2) is 15.6. The van der Waals surface area contributed by atoms with Crippen LogP contribution in [0.4, 0.5) is 0 Å². The van der Waals surface area contributed by atoms with Crippen LogP contribution in [0.15, 0.2) is 36.4 Å². The molecule has 28 heavy (non-hydrogen) atoms. The van der Waals surface area contributed by atoms with E-state index in [0.29, 0.717) is 12.7 Å².